The first-order valence-electron chi connectivity index (χ1n) is 10.5. The maximum atomic E-state index is 13.5. The Hall–Kier alpha value is -3.03. The Labute approximate surface area is 190 Å². The van der Waals surface area contributed by atoms with Crippen molar-refractivity contribution in [2.24, 2.45) is 0 Å². The zero-order valence-electron chi connectivity index (χ0n) is 18.2. The molecule has 0 bridgehead atoms. The molecule has 0 aliphatic carbocycles. The van der Waals surface area contributed by atoms with Gasteiger partial charge in [0, 0.05) is 11.6 Å². The first-order chi connectivity index (χ1) is 15.3. The van der Waals surface area contributed by atoms with Crippen LogP contribution in [0.3, 0.4) is 0 Å². The lowest BCUT2D eigenvalue weighted by Gasteiger charge is -2.26. The number of benzene rings is 2. The van der Waals surface area contributed by atoms with Crippen LogP contribution < -0.4 is 10.2 Å². The summed E-state index contributed by atoms with van der Waals surface area (Å²) in [4.78, 5) is 30.6. The SMILES string of the molecule is CCOc1cc(C2c3c(oc4ccc(Cl)cc4c3=O)C(=O)N2CCCN(C)C)ccc1O. The summed E-state index contributed by atoms with van der Waals surface area (Å²) >= 11 is 6.12. The van der Waals surface area contributed by atoms with Gasteiger partial charge < -0.3 is 24.1 Å². The average molecular weight is 457 g/mol. The Bertz CT molecular complexity index is 1240. The molecule has 1 amide bonds. The fraction of sp³-hybridized carbons (Fsp3) is 0.333. The van der Waals surface area contributed by atoms with Crippen molar-refractivity contribution in [2.45, 2.75) is 19.4 Å². The number of hydrogen-bond acceptors (Lipinski definition) is 6. The quantitative estimate of drug-likeness (QED) is 0.577. The van der Waals surface area contributed by atoms with Crippen LogP contribution in [0.15, 0.2) is 45.6 Å². The molecule has 1 aliphatic rings. The maximum Gasteiger partial charge on any atom is 0.290 e. The third-order valence-electron chi connectivity index (χ3n) is 5.53. The zero-order valence-corrected chi connectivity index (χ0v) is 19.0. The highest BCUT2D eigenvalue weighted by Crippen LogP contribution is 2.41. The number of nitrogens with zero attached hydrogens (tertiary/aromatic N) is 2. The van der Waals surface area contributed by atoms with Crippen LogP contribution in [0, 0.1) is 0 Å². The summed E-state index contributed by atoms with van der Waals surface area (Å²) in [5, 5.41) is 10.9. The second-order valence-corrected chi connectivity index (χ2v) is 8.47. The molecule has 168 valence electrons. The highest BCUT2D eigenvalue weighted by Gasteiger charge is 2.42. The molecule has 0 radical (unpaired) electrons. The number of halogens is 1. The molecular weight excluding hydrogens is 432 g/mol. The molecule has 0 saturated heterocycles. The van der Waals surface area contributed by atoms with E-state index >= 15 is 0 Å². The molecule has 0 saturated carbocycles. The van der Waals surface area contributed by atoms with Crippen LogP contribution in [0.1, 0.15) is 41.1 Å². The average Bonchev–Trinajstić information content (AvgIpc) is 3.02. The molecule has 8 heteroatoms. The lowest BCUT2D eigenvalue weighted by atomic mass is 9.98. The summed E-state index contributed by atoms with van der Waals surface area (Å²) in [6.45, 7) is 3.41. The third kappa shape index (κ3) is 3.94. The van der Waals surface area contributed by atoms with E-state index in [9.17, 15) is 14.7 Å². The highest BCUT2D eigenvalue weighted by atomic mass is 35.5. The zero-order chi connectivity index (χ0) is 23.0. The minimum atomic E-state index is -0.654. The van der Waals surface area contributed by atoms with Crippen LogP contribution in [-0.2, 0) is 0 Å². The van der Waals surface area contributed by atoms with Crippen LogP contribution in [0.2, 0.25) is 5.02 Å². The highest BCUT2D eigenvalue weighted by molar-refractivity contribution is 6.31. The molecule has 4 rings (SSSR count). The largest absolute Gasteiger partial charge is 0.504 e. The molecule has 1 N–H and O–H groups in total. The van der Waals surface area contributed by atoms with Gasteiger partial charge in [-0.2, -0.15) is 0 Å². The van der Waals surface area contributed by atoms with Crippen molar-refractivity contribution in [1.82, 2.24) is 9.80 Å². The van der Waals surface area contributed by atoms with Crippen molar-refractivity contribution in [2.75, 3.05) is 33.8 Å². The van der Waals surface area contributed by atoms with Crippen molar-refractivity contribution in [3.8, 4) is 11.5 Å². The number of ether oxygens (including phenoxy) is 1. The Balaban J connectivity index is 1.89. The van der Waals surface area contributed by atoms with E-state index in [0.717, 1.165) is 13.0 Å². The topological polar surface area (TPSA) is 83.2 Å². The van der Waals surface area contributed by atoms with Gasteiger partial charge >= 0.3 is 0 Å². The molecule has 0 spiro atoms. The second-order valence-electron chi connectivity index (χ2n) is 8.03. The van der Waals surface area contributed by atoms with E-state index in [4.69, 9.17) is 20.8 Å². The van der Waals surface area contributed by atoms with Crippen LogP contribution in [-0.4, -0.2) is 54.6 Å². The van der Waals surface area contributed by atoms with Gasteiger partial charge in [-0.05, 0) is 69.9 Å². The van der Waals surface area contributed by atoms with Crippen LogP contribution >= 0.6 is 11.6 Å². The van der Waals surface area contributed by atoms with E-state index < -0.39 is 6.04 Å². The van der Waals surface area contributed by atoms with Crippen molar-refractivity contribution in [3.63, 3.8) is 0 Å². The maximum absolute atomic E-state index is 13.5. The van der Waals surface area contributed by atoms with Crippen LogP contribution in [0.25, 0.3) is 11.0 Å². The van der Waals surface area contributed by atoms with Crippen LogP contribution in [0.4, 0.5) is 0 Å². The third-order valence-corrected chi connectivity index (χ3v) is 5.77. The standard InChI is InChI=1S/C24H25ClN2O5/c1-4-31-19-12-14(6-8-17(19)28)21-20-22(29)16-13-15(25)7-9-18(16)32-23(20)24(30)27(21)11-5-10-26(2)3/h6-9,12-13,21,28H,4-5,10-11H2,1-3H3. The Morgan fingerprint density at radius 1 is 1.19 bits per heavy atom. The van der Waals surface area contributed by atoms with E-state index in [0.29, 0.717) is 40.5 Å². The number of hydrogen-bond donors (Lipinski definition) is 1. The number of amides is 1. The molecule has 1 aromatic heterocycles. The number of phenolic OH excluding ortho intramolecular Hbond substituents is 1. The number of carbonyl (C=O) groups is 1. The smallest absolute Gasteiger partial charge is 0.290 e. The predicted octanol–water partition coefficient (Wildman–Crippen LogP) is 4.05. The van der Waals surface area contributed by atoms with Gasteiger partial charge in [0.15, 0.2) is 16.9 Å². The minimum Gasteiger partial charge on any atom is -0.504 e. The fourth-order valence-electron chi connectivity index (χ4n) is 4.10. The van der Waals surface area contributed by atoms with E-state index in [-0.39, 0.29) is 28.4 Å². The fourth-order valence-corrected chi connectivity index (χ4v) is 4.27. The first-order valence-corrected chi connectivity index (χ1v) is 10.9. The Kier molecular flexibility index (Phi) is 6.13. The summed E-state index contributed by atoms with van der Waals surface area (Å²) in [5.74, 6) is 0.0124. The number of phenols is 1. The van der Waals surface area contributed by atoms with Gasteiger partial charge in [-0.25, -0.2) is 0 Å². The van der Waals surface area contributed by atoms with Gasteiger partial charge in [0.25, 0.3) is 5.91 Å². The summed E-state index contributed by atoms with van der Waals surface area (Å²) < 4.78 is 11.5. The second kappa shape index (κ2) is 8.84. The van der Waals surface area contributed by atoms with E-state index in [1.165, 1.54) is 6.07 Å². The molecule has 2 aromatic carbocycles. The lowest BCUT2D eigenvalue weighted by Crippen LogP contribution is -2.32. The summed E-state index contributed by atoms with van der Waals surface area (Å²) in [7, 11) is 3.93. The van der Waals surface area contributed by atoms with E-state index in [1.54, 1.807) is 35.2 Å². The van der Waals surface area contributed by atoms with Crippen molar-refractivity contribution < 1.29 is 19.1 Å². The van der Waals surface area contributed by atoms with Gasteiger partial charge in [0.05, 0.1) is 23.6 Å². The monoisotopic (exact) mass is 456 g/mol. The van der Waals surface area contributed by atoms with E-state index in [2.05, 4.69) is 0 Å². The van der Waals surface area contributed by atoms with Gasteiger partial charge in [0.1, 0.15) is 5.58 Å². The summed E-state index contributed by atoms with van der Waals surface area (Å²) in [6.07, 6.45) is 0.721. The lowest BCUT2D eigenvalue weighted by molar-refractivity contribution is 0.0722. The summed E-state index contributed by atoms with van der Waals surface area (Å²) in [6, 6.07) is 9.02. The van der Waals surface area contributed by atoms with Gasteiger partial charge in [-0.3, -0.25) is 9.59 Å². The van der Waals surface area contributed by atoms with Gasteiger partial charge in [0.2, 0.25) is 5.76 Å². The van der Waals surface area contributed by atoms with Crippen molar-refractivity contribution >= 4 is 28.5 Å². The molecule has 1 unspecified atom stereocenters. The minimum absolute atomic E-state index is 0.00312. The molecule has 32 heavy (non-hydrogen) atoms. The molecule has 1 aliphatic heterocycles. The van der Waals surface area contributed by atoms with Gasteiger partial charge in [-0.15, -0.1) is 0 Å². The molecule has 3 aromatic rings. The van der Waals surface area contributed by atoms with Gasteiger partial charge in [-0.1, -0.05) is 17.7 Å². The number of carbonyl (C=O) groups excluding carboxylic acids is 1. The van der Waals surface area contributed by atoms with E-state index in [1.807, 2.05) is 25.9 Å². The number of fused-ring (bicyclic) bond motifs is 2. The predicted molar refractivity (Wildman–Crippen MR) is 123 cm³/mol. The van der Waals surface area contributed by atoms with Crippen molar-refractivity contribution in [3.05, 3.63) is 68.5 Å². The molecule has 1 atom stereocenters. The molecule has 2 heterocycles. The number of rotatable bonds is 7. The number of aromatic hydroxyl groups is 1. The Morgan fingerprint density at radius 2 is 1.97 bits per heavy atom. The Morgan fingerprint density at radius 3 is 2.69 bits per heavy atom. The van der Waals surface area contributed by atoms with Crippen molar-refractivity contribution in [1.29, 1.82) is 0 Å². The summed E-state index contributed by atoms with van der Waals surface area (Å²) in [5.41, 5.74) is 0.976. The molecule has 7 nitrogen and oxygen atoms in total. The molecule has 0 fully saturated rings. The van der Waals surface area contributed by atoms with Crippen LogP contribution in [0.5, 0.6) is 11.5 Å². The molecular formula is C24H25ClN2O5. The normalized spacial score (nSPS) is 15.6. The first kappa shape index (κ1) is 22.2.